The fraction of sp³-hybridized carbons (Fsp3) is 0.438. The largest absolute Gasteiger partial charge is 0.328 e. The highest BCUT2D eigenvalue weighted by Crippen LogP contribution is 2.31. The number of imidazole rings is 1. The van der Waals surface area contributed by atoms with Crippen LogP contribution in [0.4, 0.5) is 0 Å². The maximum Gasteiger partial charge on any atom is 0.175 e. The molecule has 1 fully saturated rings. The van der Waals surface area contributed by atoms with Gasteiger partial charge in [-0.05, 0) is 49.9 Å². The lowest BCUT2D eigenvalue weighted by Crippen LogP contribution is -2.29. The minimum atomic E-state index is -3.17. The van der Waals surface area contributed by atoms with Crippen molar-refractivity contribution in [1.29, 1.82) is 0 Å². The molecule has 0 amide bonds. The van der Waals surface area contributed by atoms with E-state index in [0.717, 1.165) is 37.1 Å². The van der Waals surface area contributed by atoms with Crippen molar-refractivity contribution >= 4 is 34.7 Å². The van der Waals surface area contributed by atoms with Gasteiger partial charge < -0.3 is 10.3 Å². The van der Waals surface area contributed by atoms with Gasteiger partial charge in [-0.2, -0.15) is 0 Å². The van der Waals surface area contributed by atoms with Gasteiger partial charge in [0, 0.05) is 36.3 Å². The minimum absolute atomic E-state index is 0. The number of nitrogens with zero attached hydrogens (tertiary/aromatic N) is 2. The van der Waals surface area contributed by atoms with Crippen LogP contribution >= 0.6 is 24.8 Å². The van der Waals surface area contributed by atoms with Gasteiger partial charge in [-0.3, -0.25) is 0 Å². The monoisotopic (exact) mass is 391 g/mol. The number of rotatable bonds is 3. The maximum absolute atomic E-state index is 11.5. The van der Waals surface area contributed by atoms with E-state index in [1.807, 2.05) is 18.3 Å². The van der Waals surface area contributed by atoms with Gasteiger partial charge in [-0.1, -0.05) is 0 Å². The third-order valence-electron chi connectivity index (χ3n) is 4.29. The highest BCUT2D eigenvalue weighted by atomic mass is 35.5. The van der Waals surface area contributed by atoms with Crippen LogP contribution in [0.2, 0.25) is 0 Å². The number of halogens is 2. The first-order valence-corrected chi connectivity index (χ1v) is 9.43. The second kappa shape index (κ2) is 8.34. The van der Waals surface area contributed by atoms with E-state index in [1.165, 1.54) is 6.26 Å². The normalized spacial score (nSPS) is 20.8. The van der Waals surface area contributed by atoms with Crippen molar-refractivity contribution < 1.29 is 8.42 Å². The highest BCUT2D eigenvalue weighted by molar-refractivity contribution is 7.90. The van der Waals surface area contributed by atoms with Crippen LogP contribution in [0.15, 0.2) is 41.6 Å². The summed E-state index contributed by atoms with van der Waals surface area (Å²) in [5.41, 5.74) is 7.01. The van der Waals surface area contributed by atoms with Gasteiger partial charge >= 0.3 is 0 Å². The Hall–Kier alpha value is -1.08. The molecule has 1 heterocycles. The predicted molar refractivity (Wildman–Crippen MR) is 101 cm³/mol. The Kier molecular flexibility index (Phi) is 7.28. The van der Waals surface area contributed by atoms with E-state index in [1.54, 1.807) is 18.3 Å². The van der Waals surface area contributed by atoms with Crippen LogP contribution in [0.5, 0.6) is 0 Å². The fourth-order valence-corrected chi connectivity index (χ4v) is 3.77. The summed E-state index contributed by atoms with van der Waals surface area (Å²) >= 11 is 0. The molecule has 1 aromatic carbocycles. The average molecular weight is 392 g/mol. The van der Waals surface area contributed by atoms with E-state index < -0.39 is 9.84 Å². The van der Waals surface area contributed by atoms with Crippen molar-refractivity contribution in [2.24, 2.45) is 5.73 Å². The van der Waals surface area contributed by atoms with Crippen molar-refractivity contribution in [1.82, 2.24) is 9.55 Å². The van der Waals surface area contributed by atoms with Crippen LogP contribution in [0.1, 0.15) is 31.7 Å². The summed E-state index contributed by atoms with van der Waals surface area (Å²) in [7, 11) is -3.17. The Balaban J connectivity index is 0.00000144. The zero-order chi connectivity index (χ0) is 15.7. The van der Waals surface area contributed by atoms with E-state index >= 15 is 0 Å². The number of hydrogen-bond donors (Lipinski definition) is 1. The zero-order valence-corrected chi connectivity index (χ0v) is 15.9. The summed E-state index contributed by atoms with van der Waals surface area (Å²) in [6.07, 6.45) is 9.29. The molecule has 0 radical (unpaired) electrons. The summed E-state index contributed by atoms with van der Waals surface area (Å²) < 4.78 is 25.3. The Morgan fingerprint density at radius 3 is 2.42 bits per heavy atom. The third-order valence-corrected chi connectivity index (χ3v) is 5.42. The third kappa shape index (κ3) is 4.51. The lowest BCUT2D eigenvalue weighted by atomic mass is 9.91. The van der Waals surface area contributed by atoms with Gasteiger partial charge in [-0.25, -0.2) is 13.4 Å². The number of nitrogens with two attached hydrogens (primary N) is 1. The molecule has 24 heavy (non-hydrogen) atoms. The first kappa shape index (κ1) is 21.0. The second-order valence-corrected chi connectivity index (χ2v) is 8.05. The Labute approximate surface area is 155 Å². The van der Waals surface area contributed by atoms with Crippen LogP contribution in [0.25, 0.3) is 11.4 Å². The predicted octanol–water partition coefficient (Wildman–Crippen LogP) is 3.24. The quantitative estimate of drug-likeness (QED) is 0.870. The Morgan fingerprint density at radius 2 is 1.83 bits per heavy atom. The summed E-state index contributed by atoms with van der Waals surface area (Å²) in [4.78, 5) is 4.78. The van der Waals surface area contributed by atoms with E-state index in [4.69, 9.17) is 5.73 Å². The van der Waals surface area contributed by atoms with Crippen molar-refractivity contribution in [2.45, 2.75) is 42.7 Å². The molecule has 1 aliphatic carbocycles. The van der Waals surface area contributed by atoms with E-state index in [0.29, 0.717) is 10.9 Å². The molecule has 1 saturated carbocycles. The Bertz CT molecular complexity index is 760. The van der Waals surface area contributed by atoms with Gasteiger partial charge in [-0.15, -0.1) is 24.8 Å². The van der Waals surface area contributed by atoms with E-state index in [2.05, 4.69) is 9.55 Å². The number of hydrogen-bond acceptors (Lipinski definition) is 4. The molecule has 0 bridgehead atoms. The lowest BCUT2D eigenvalue weighted by molar-refractivity contribution is 0.322. The molecule has 3 rings (SSSR count). The summed E-state index contributed by atoms with van der Waals surface area (Å²) in [5, 5.41) is 0. The Morgan fingerprint density at radius 1 is 1.17 bits per heavy atom. The molecule has 1 aliphatic rings. The molecular weight excluding hydrogens is 369 g/mol. The van der Waals surface area contributed by atoms with E-state index in [-0.39, 0.29) is 30.9 Å². The van der Waals surface area contributed by atoms with Crippen LogP contribution in [0.3, 0.4) is 0 Å². The maximum atomic E-state index is 11.5. The smallest absolute Gasteiger partial charge is 0.175 e. The molecule has 0 spiro atoms. The number of sulfone groups is 1. The van der Waals surface area contributed by atoms with Crippen molar-refractivity contribution in [2.75, 3.05) is 6.26 Å². The van der Waals surface area contributed by atoms with Crippen LogP contribution < -0.4 is 5.73 Å². The molecule has 0 saturated heterocycles. The molecule has 5 nitrogen and oxygen atoms in total. The molecule has 134 valence electrons. The first-order chi connectivity index (χ1) is 10.4. The number of benzene rings is 1. The lowest BCUT2D eigenvalue weighted by Gasteiger charge is -2.28. The van der Waals surface area contributed by atoms with Gasteiger partial charge in [0.2, 0.25) is 0 Å². The molecule has 2 N–H and O–H groups in total. The van der Waals surface area contributed by atoms with Crippen LogP contribution in [0, 0.1) is 0 Å². The minimum Gasteiger partial charge on any atom is -0.328 e. The summed E-state index contributed by atoms with van der Waals surface area (Å²) in [6, 6.07) is 7.53. The topological polar surface area (TPSA) is 78.0 Å². The molecule has 8 heteroatoms. The molecule has 2 aromatic rings. The average Bonchev–Trinajstić information content (AvgIpc) is 2.96. The van der Waals surface area contributed by atoms with Gasteiger partial charge in [0.1, 0.15) is 5.82 Å². The van der Waals surface area contributed by atoms with Gasteiger partial charge in [0.15, 0.2) is 9.84 Å². The summed E-state index contributed by atoms with van der Waals surface area (Å²) in [5.74, 6) is 0.874. The second-order valence-electron chi connectivity index (χ2n) is 6.04. The van der Waals surface area contributed by atoms with Crippen LogP contribution in [-0.4, -0.2) is 30.3 Å². The molecule has 1 aromatic heterocycles. The summed E-state index contributed by atoms with van der Waals surface area (Å²) in [6.45, 7) is 0. The molecule has 2 atom stereocenters. The van der Waals surface area contributed by atoms with Crippen molar-refractivity contribution in [3.8, 4) is 11.4 Å². The van der Waals surface area contributed by atoms with Gasteiger partial charge in [0.25, 0.3) is 0 Å². The molecule has 0 aliphatic heterocycles. The van der Waals surface area contributed by atoms with Crippen molar-refractivity contribution in [3.05, 3.63) is 36.7 Å². The molecular formula is C16H23Cl2N3O2S. The van der Waals surface area contributed by atoms with Crippen molar-refractivity contribution in [3.63, 3.8) is 0 Å². The van der Waals surface area contributed by atoms with Gasteiger partial charge in [0.05, 0.1) is 4.90 Å². The first-order valence-electron chi connectivity index (χ1n) is 7.54. The molecule has 0 unspecified atom stereocenters. The zero-order valence-electron chi connectivity index (χ0n) is 13.5. The SMILES string of the molecule is CS(=O)(=O)c1ccc(-c2nccn2[C@@H]2CCC[C@@H](N)C2)cc1.Cl.Cl. The number of aromatic nitrogens is 2. The van der Waals surface area contributed by atoms with E-state index in [9.17, 15) is 8.42 Å². The standard InChI is InChI=1S/C16H21N3O2S.2ClH/c1-22(20,21)15-7-5-12(6-8-15)16-18-9-10-19(16)14-4-2-3-13(17)11-14;;/h5-10,13-14H,2-4,11,17H2,1H3;2*1H/t13-,14-;;/m1../s1. The highest BCUT2D eigenvalue weighted by Gasteiger charge is 2.22. The van der Waals surface area contributed by atoms with Crippen LogP contribution in [-0.2, 0) is 9.84 Å². The fourth-order valence-electron chi connectivity index (χ4n) is 3.14.